The molecule has 1 fully saturated rings. The maximum absolute atomic E-state index is 6.00. The maximum atomic E-state index is 6.00. The highest BCUT2D eigenvalue weighted by molar-refractivity contribution is 14.0. The van der Waals surface area contributed by atoms with Crippen LogP contribution in [0.25, 0.3) is 0 Å². The van der Waals surface area contributed by atoms with E-state index in [0.29, 0.717) is 18.7 Å². The van der Waals surface area contributed by atoms with E-state index in [9.17, 15) is 0 Å². The van der Waals surface area contributed by atoms with Gasteiger partial charge >= 0.3 is 0 Å². The van der Waals surface area contributed by atoms with Crippen LogP contribution in [0.2, 0.25) is 0 Å². The molecule has 1 aromatic carbocycles. The zero-order valence-electron chi connectivity index (χ0n) is 19.0. The van der Waals surface area contributed by atoms with Gasteiger partial charge in [0.15, 0.2) is 17.5 Å². The summed E-state index contributed by atoms with van der Waals surface area (Å²) in [5, 5.41) is 6.91. The van der Waals surface area contributed by atoms with Gasteiger partial charge in [-0.3, -0.25) is 4.99 Å². The lowest BCUT2D eigenvalue weighted by Crippen LogP contribution is -2.50. The second kappa shape index (κ2) is 14.7. The lowest BCUT2D eigenvalue weighted by atomic mass is 10.1. The molecule has 0 aromatic heterocycles. The lowest BCUT2D eigenvalue weighted by molar-refractivity contribution is 0.0532. The van der Waals surface area contributed by atoms with Crippen LogP contribution in [0.3, 0.4) is 0 Å². The molecule has 30 heavy (non-hydrogen) atoms. The Kier molecular flexibility index (Phi) is 13.1. The number of para-hydroxylation sites is 2. The van der Waals surface area contributed by atoms with E-state index in [2.05, 4.69) is 34.4 Å². The highest BCUT2D eigenvalue weighted by Gasteiger charge is 2.20. The van der Waals surface area contributed by atoms with Crippen LogP contribution in [-0.2, 0) is 4.74 Å². The first-order chi connectivity index (χ1) is 14.0. The number of benzene rings is 1. The summed E-state index contributed by atoms with van der Waals surface area (Å²) in [5.74, 6) is 2.32. The molecule has 172 valence electrons. The van der Waals surface area contributed by atoms with Gasteiger partial charge < -0.3 is 29.7 Å². The van der Waals surface area contributed by atoms with Gasteiger partial charge in [-0.2, -0.15) is 0 Å². The largest absolute Gasteiger partial charge is 0.493 e. The molecule has 1 unspecified atom stereocenters. The van der Waals surface area contributed by atoms with Crippen LogP contribution < -0.4 is 20.1 Å². The highest BCUT2D eigenvalue weighted by Crippen LogP contribution is 2.26. The van der Waals surface area contributed by atoms with Gasteiger partial charge in [0.1, 0.15) is 6.10 Å². The fourth-order valence-electron chi connectivity index (χ4n) is 3.32. The molecule has 1 atom stereocenters. The molecule has 0 saturated carbocycles. The smallest absolute Gasteiger partial charge is 0.191 e. The number of halogens is 1. The average Bonchev–Trinajstić information content (AvgIpc) is 2.72. The molecular formula is C22H39IN4O3. The monoisotopic (exact) mass is 534 g/mol. The third-order valence-corrected chi connectivity index (χ3v) is 4.96. The number of hydrogen-bond acceptors (Lipinski definition) is 5. The van der Waals surface area contributed by atoms with Gasteiger partial charge in [0.25, 0.3) is 0 Å². The number of likely N-dealkylation sites (tertiary alicyclic amines) is 1. The highest BCUT2D eigenvalue weighted by atomic mass is 127. The number of guanidine groups is 1. The third-order valence-electron chi connectivity index (χ3n) is 4.96. The fraction of sp³-hybridized carbons (Fsp3) is 0.682. The van der Waals surface area contributed by atoms with Gasteiger partial charge in [-0.05, 0) is 45.7 Å². The zero-order valence-corrected chi connectivity index (χ0v) is 21.3. The van der Waals surface area contributed by atoms with Crippen molar-refractivity contribution in [1.29, 1.82) is 0 Å². The standard InChI is InChI=1S/C22H38N4O3.HI/c1-17(2)28-15-14-26-12-10-19(11-13-26)25-22(23-4)24-16-18(3)29-21-9-7-6-8-20(21)27-5;/h6-9,17-19H,10-16H2,1-5H3,(H2,23,24,25);1H. The normalized spacial score (nSPS) is 16.7. The molecule has 0 amide bonds. The van der Waals surface area contributed by atoms with Crippen LogP contribution in [0.15, 0.2) is 29.3 Å². The molecule has 7 nitrogen and oxygen atoms in total. The Balaban J connectivity index is 0.00000450. The van der Waals surface area contributed by atoms with Crippen molar-refractivity contribution < 1.29 is 14.2 Å². The van der Waals surface area contributed by atoms with Crippen LogP contribution in [0.4, 0.5) is 0 Å². The molecule has 1 saturated heterocycles. The first kappa shape index (κ1) is 26.8. The van der Waals surface area contributed by atoms with E-state index in [1.165, 1.54) is 0 Å². The summed E-state index contributed by atoms with van der Waals surface area (Å²) in [6.45, 7) is 10.8. The number of rotatable bonds is 10. The predicted octanol–water partition coefficient (Wildman–Crippen LogP) is 3.13. The molecular weight excluding hydrogens is 495 g/mol. The molecule has 8 heteroatoms. The van der Waals surface area contributed by atoms with E-state index < -0.39 is 0 Å². The fourth-order valence-corrected chi connectivity index (χ4v) is 3.32. The van der Waals surface area contributed by atoms with Crippen LogP contribution >= 0.6 is 24.0 Å². The molecule has 0 aliphatic carbocycles. The number of hydrogen-bond donors (Lipinski definition) is 2. The van der Waals surface area contributed by atoms with Crippen molar-refractivity contribution in [1.82, 2.24) is 15.5 Å². The maximum Gasteiger partial charge on any atom is 0.191 e. The summed E-state index contributed by atoms with van der Waals surface area (Å²) in [6, 6.07) is 8.14. The number of aliphatic imine (C=N–C) groups is 1. The molecule has 0 radical (unpaired) electrons. The molecule has 2 N–H and O–H groups in total. The molecule has 1 aliphatic heterocycles. The van der Waals surface area contributed by atoms with E-state index in [4.69, 9.17) is 14.2 Å². The molecule has 0 bridgehead atoms. The topological polar surface area (TPSA) is 67.4 Å². The Morgan fingerprint density at radius 3 is 2.43 bits per heavy atom. The molecule has 1 aliphatic rings. The molecule has 1 aromatic rings. The Morgan fingerprint density at radius 2 is 1.83 bits per heavy atom. The zero-order chi connectivity index (χ0) is 21.1. The second-order valence-corrected chi connectivity index (χ2v) is 7.71. The summed E-state index contributed by atoms with van der Waals surface area (Å²) in [5.41, 5.74) is 0. The quantitative estimate of drug-likeness (QED) is 0.273. The van der Waals surface area contributed by atoms with Gasteiger partial charge in [0, 0.05) is 32.7 Å². The van der Waals surface area contributed by atoms with Crippen molar-refractivity contribution in [2.45, 2.75) is 51.9 Å². The van der Waals surface area contributed by atoms with E-state index in [-0.39, 0.29) is 30.1 Å². The van der Waals surface area contributed by atoms with Crippen molar-refractivity contribution >= 4 is 29.9 Å². The van der Waals surface area contributed by atoms with Crippen LogP contribution in [0, 0.1) is 0 Å². The van der Waals surface area contributed by atoms with Gasteiger partial charge in [0.2, 0.25) is 0 Å². The Labute approximate surface area is 199 Å². The first-order valence-electron chi connectivity index (χ1n) is 10.6. The minimum atomic E-state index is -0.0207. The van der Waals surface area contributed by atoms with Crippen LogP contribution in [0.5, 0.6) is 11.5 Å². The Bertz CT molecular complexity index is 622. The van der Waals surface area contributed by atoms with E-state index >= 15 is 0 Å². The van der Waals surface area contributed by atoms with Crippen molar-refractivity contribution in [3.63, 3.8) is 0 Å². The second-order valence-electron chi connectivity index (χ2n) is 7.71. The van der Waals surface area contributed by atoms with E-state index in [0.717, 1.165) is 56.5 Å². The van der Waals surface area contributed by atoms with Gasteiger partial charge in [-0.15, -0.1) is 24.0 Å². The van der Waals surface area contributed by atoms with Gasteiger partial charge in [-0.1, -0.05) is 12.1 Å². The lowest BCUT2D eigenvalue weighted by Gasteiger charge is -2.33. The van der Waals surface area contributed by atoms with Crippen molar-refractivity contribution in [3.05, 3.63) is 24.3 Å². The van der Waals surface area contributed by atoms with Crippen LogP contribution in [-0.4, -0.2) is 76.1 Å². The minimum Gasteiger partial charge on any atom is -0.493 e. The summed E-state index contributed by atoms with van der Waals surface area (Å²) in [4.78, 5) is 6.84. The Morgan fingerprint density at radius 1 is 1.17 bits per heavy atom. The summed E-state index contributed by atoms with van der Waals surface area (Å²) < 4.78 is 17.0. The van der Waals surface area contributed by atoms with Crippen molar-refractivity contribution in [3.8, 4) is 11.5 Å². The molecule has 1 heterocycles. The minimum absolute atomic E-state index is 0. The molecule has 2 rings (SSSR count). The summed E-state index contributed by atoms with van der Waals surface area (Å²) in [6.07, 6.45) is 2.50. The van der Waals surface area contributed by atoms with Crippen molar-refractivity contribution in [2.24, 2.45) is 4.99 Å². The van der Waals surface area contributed by atoms with Crippen LogP contribution in [0.1, 0.15) is 33.6 Å². The summed E-state index contributed by atoms with van der Waals surface area (Å²) >= 11 is 0. The number of methoxy groups -OCH3 is 1. The average molecular weight is 534 g/mol. The Hall–Kier alpha value is -1.26. The number of nitrogens with zero attached hydrogens (tertiary/aromatic N) is 2. The molecule has 0 spiro atoms. The van der Waals surface area contributed by atoms with Crippen molar-refractivity contribution in [2.75, 3.05) is 46.9 Å². The van der Waals surface area contributed by atoms with E-state index in [1.807, 2.05) is 31.2 Å². The summed E-state index contributed by atoms with van der Waals surface area (Å²) in [7, 11) is 3.46. The number of ether oxygens (including phenoxy) is 3. The predicted molar refractivity (Wildman–Crippen MR) is 134 cm³/mol. The first-order valence-corrected chi connectivity index (χ1v) is 10.6. The number of piperidine rings is 1. The van der Waals surface area contributed by atoms with Gasteiger partial charge in [-0.25, -0.2) is 0 Å². The van der Waals surface area contributed by atoms with E-state index in [1.54, 1.807) is 14.2 Å². The number of nitrogens with one attached hydrogen (secondary N) is 2. The SMILES string of the molecule is CN=C(NCC(C)Oc1ccccc1OC)NC1CCN(CCOC(C)C)CC1.I. The van der Waals surface area contributed by atoms with Gasteiger partial charge in [0.05, 0.1) is 26.4 Å². The third kappa shape index (κ3) is 9.70.